The van der Waals surface area contributed by atoms with Crippen LogP contribution >= 0.6 is 0 Å². The molecule has 1 aliphatic heterocycles. The second-order valence-electron chi connectivity index (χ2n) is 6.70. The number of rotatable bonds is 2. The van der Waals surface area contributed by atoms with E-state index in [1.54, 1.807) is 18.9 Å². The van der Waals surface area contributed by atoms with Crippen molar-refractivity contribution in [3.63, 3.8) is 0 Å². The molecule has 25 heavy (non-hydrogen) atoms. The molecule has 0 saturated carbocycles. The molecular weight excluding hydrogens is 312 g/mol. The van der Waals surface area contributed by atoms with Gasteiger partial charge in [-0.15, -0.1) is 0 Å². The van der Waals surface area contributed by atoms with Crippen molar-refractivity contribution in [1.29, 1.82) is 5.26 Å². The lowest BCUT2D eigenvalue weighted by atomic mass is 9.99. The number of anilines is 1. The third kappa shape index (κ3) is 2.72. The zero-order chi connectivity index (χ0) is 17.4. The lowest BCUT2D eigenvalue weighted by Gasteiger charge is -2.34. The van der Waals surface area contributed by atoms with E-state index in [1.807, 2.05) is 4.68 Å². The smallest absolute Gasteiger partial charge is 0.137 e. The number of pyridine rings is 1. The lowest BCUT2D eigenvalue weighted by molar-refractivity contribution is 0.366. The number of hydrogen-bond acceptors (Lipinski definition) is 5. The average molecular weight is 332 g/mol. The highest BCUT2D eigenvalue weighted by atomic mass is 15.3. The van der Waals surface area contributed by atoms with Gasteiger partial charge in [0.1, 0.15) is 18.7 Å². The molecule has 1 saturated heterocycles. The molecule has 1 fully saturated rings. The third-order valence-electron chi connectivity index (χ3n) is 4.99. The fourth-order valence-electron chi connectivity index (χ4n) is 3.83. The van der Waals surface area contributed by atoms with Gasteiger partial charge >= 0.3 is 0 Å². The van der Waals surface area contributed by atoms with E-state index in [4.69, 9.17) is 0 Å². The lowest BCUT2D eigenvalue weighted by Crippen LogP contribution is -2.35. The Hall–Kier alpha value is -2.94. The molecule has 0 atom stereocenters. The number of aryl methyl sites for hydroxylation is 2. The minimum atomic E-state index is 0.376. The van der Waals surface area contributed by atoms with Gasteiger partial charge < -0.3 is 4.90 Å². The summed E-state index contributed by atoms with van der Waals surface area (Å²) in [6.45, 7) is 5.96. The number of hydrogen-bond donors (Lipinski definition) is 0. The molecule has 1 aliphatic rings. The molecule has 3 aromatic rings. The van der Waals surface area contributed by atoms with Crippen molar-refractivity contribution in [3.05, 3.63) is 47.7 Å². The summed E-state index contributed by atoms with van der Waals surface area (Å²) in [5.41, 5.74) is 5.00. The summed E-state index contributed by atoms with van der Waals surface area (Å²) in [6, 6.07) is 7.00. The van der Waals surface area contributed by atoms with Crippen LogP contribution in [0.5, 0.6) is 0 Å². The van der Waals surface area contributed by atoms with E-state index < -0.39 is 0 Å². The first-order valence-corrected chi connectivity index (χ1v) is 8.56. The predicted octanol–water partition coefficient (Wildman–Crippen LogP) is 3.16. The Morgan fingerprint density at radius 3 is 2.68 bits per heavy atom. The molecular formula is C19H20N6. The highest BCUT2D eigenvalue weighted by molar-refractivity contribution is 5.96. The van der Waals surface area contributed by atoms with Gasteiger partial charge in [0.2, 0.25) is 0 Å². The van der Waals surface area contributed by atoms with Gasteiger partial charge in [-0.2, -0.15) is 10.4 Å². The number of nitrogens with zero attached hydrogens (tertiary/aromatic N) is 6. The Morgan fingerprint density at radius 2 is 2.00 bits per heavy atom. The highest BCUT2D eigenvalue weighted by Gasteiger charge is 2.24. The maximum absolute atomic E-state index is 9.61. The topological polar surface area (TPSA) is 70.6 Å². The minimum Gasteiger partial charge on any atom is -0.370 e. The summed E-state index contributed by atoms with van der Waals surface area (Å²) < 4.78 is 1.95. The molecule has 0 amide bonds. The molecule has 2 aromatic heterocycles. The Kier molecular flexibility index (Phi) is 3.85. The van der Waals surface area contributed by atoms with E-state index in [2.05, 4.69) is 52.0 Å². The first-order chi connectivity index (χ1) is 12.2. The fraction of sp³-hybridized carbons (Fsp3) is 0.368. The zero-order valence-corrected chi connectivity index (χ0v) is 14.5. The number of aromatic nitrogens is 4. The van der Waals surface area contributed by atoms with Gasteiger partial charge in [0.05, 0.1) is 22.8 Å². The van der Waals surface area contributed by atoms with Crippen LogP contribution in [-0.2, 0) is 0 Å². The zero-order valence-electron chi connectivity index (χ0n) is 14.5. The molecule has 4 rings (SSSR count). The maximum atomic E-state index is 9.61. The van der Waals surface area contributed by atoms with Crippen molar-refractivity contribution in [1.82, 2.24) is 19.7 Å². The van der Waals surface area contributed by atoms with Crippen LogP contribution in [0.2, 0.25) is 0 Å². The SMILES string of the molecule is Cc1cc(C)c2ncc(C#N)c(N3CCC(n4cncn4)CC3)c2c1. The van der Waals surface area contributed by atoms with Gasteiger partial charge in [-0.1, -0.05) is 11.6 Å². The molecule has 3 heterocycles. The first kappa shape index (κ1) is 15.6. The first-order valence-electron chi connectivity index (χ1n) is 8.56. The molecule has 0 spiro atoms. The molecule has 0 aliphatic carbocycles. The Labute approximate surface area is 146 Å². The fourth-order valence-corrected chi connectivity index (χ4v) is 3.83. The van der Waals surface area contributed by atoms with Crippen molar-refractivity contribution in [3.8, 4) is 6.07 Å². The number of piperidine rings is 1. The van der Waals surface area contributed by atoms with Crippen LogP contribution in [0.1, 0.15) is 35.6 Å². The van der Waals surface area contributed by atoms with Crippen LogP contribution < -0.4 is 4.90 Å². The highest BCUT2D eigenvalue weighted by Crippen LogP contribution is 2.34. The molecule has 0 radical (unpaired) electrons. The van der Waals surface area contributed by atoms with Gasteiger partial charge in [-0.25, -0.2) is 9.67 Å². The van der Waals surface area contributed by atoms with Crippen LogP contribution in [0.25, 0.3) is 10.9 Å². The van der Waals surface area contributed by atoms with E-state index in [0.29, 0.717) is 11.6 Å². The Morgan fingerprint density at radius 1 is 1.20 bits per heavy atom. The van der Waals surface area contributed by atoms with E-state index >= 15 is 0 Å². The van der Waals surface area contributed by atoms with Crippen LogP contribution in [0.4, 0.5) is 5.69 Å². The quantitative estimate of drug-likeness (QED) is 0.721. The van der Waals surface area contributed by atoms with Gasteiger partial charge in [0.25, 0.3) is 0 Å². The van der Waals surface area contributed by atoms with Gasteiger partial charge in [0.15, 0.2) is 0 Å². The number of benzene rings is 1. The van der Waals surface area contributed by atoms with Gasteiger partial charge in [0, 0.05) is 24.7 Å². The van der Waals surface area contributed by atoms with Gasteiger partial charge in [-0.3, -0.25) is 4.98 Å². The number of fused-ring (bicyclic) bond motifs is 1. The van der Waals surface area contributed by atoms with Crippen molar-refractivity contribution in [2.45, 2.75) is 32.7 Å². The van der Waals surface area contributed by atoms with E-state index in [9.17, 15) is 5.26 Å². The Bertz CT molecular complexity index is 946. The summed E-state index contributed by atoms with van der Waals surface area (Å²) in [6.07, 6.45) is 7.06. The summed E-state index contributed by atoms with van der Waals surface area (Å²) >= 11 is 0. The predicted molar refractivity (Wildman–Crippen MR) is 96.4 cm³/mol. The molecule has 6 heteroatoms. The molecule has 0 unspecified atom stereocenters. The van der Waals surface area contributed by atoms with Crippen molar-refractivity contribution in [2.24, 2.45) is 0 Å². The largest absolute Gasteiger partial charge is 0.370 e. The van der Waals surface area contributed by atoms with Crippen molar-refractivity contribution < 1.29 is 0 Å². The van der Waals surface area contributed by atoms with Crippen LogP contribution in [0, 0.1) is 25.2 Å². The van der Waals surface area contributed by atoms with Crippen molar-refractivity contribution in [2.75, 3.05) is 18.0 Å². The number of nitriles is 1. The summed E-state index contributed by atoms with van der Waals surface area (Å²) in [4.78, 5) is 10.9. The van der Waals surface area contributed by atoms with E-state index in [0.717, 1.165) is 48.1 Å². The molecule has 126 valence electrons. The monoisotopic (exact) mass is 332 g/mol. The normalized spacial score (nSPS) is 15.5. The summed E-state index contributed by atoms with van der Waals surface area (Å²) in [7, 11) is 0. The maximum Gasteiger partial charge on any atom is 0.137 e. The second-order valence-corrected chi connectivity index (χ2v) is 6.70. The second kappa shape index (κ2) is 6.17. The Balaban J connectivity index is 1.73. The standard InChI is InChI=1S/C19H20N6/c1-13-7-14(2)18-17(8-13)19(15(9-20)10-22-18)24-5-3-16(4-6-24)25-12-21-11-23-25/h7-8,10-12,16H,3-6H2,1-2H3. The van der Waals surface area contributed by atoms with Crippen LogP contribution in [0.3, 0.4) is 0 Å². The van der Waals surface area contributed by atoms with Crippen molar-refractivity contribution >= 4 is 16.6 Å². The van der Waals surface area contributed by atoms with E-state index in [-0.39, 0.29) is 0 Å². The van der Waals surface area contributed by atoms with Crippen LogP contribution in [0.15, 0.2) is 31.0 Å². The van der Waals surface area contributed by atoms with E-state index in [1.165, 1.54) is 5.56 Å². The summed E-state index contributed by atoms with van der Waals surface area (Å²) in [5.74, 6) is 0. The summed E-state index contributed by atoms with van der Waals surface area (Å²) in [5, 5.41) is 15.0. The third-order valence-corrected chi connectivity index (χ3v) is 4.99. The molecule has 1 aromatic carbocycles. The molecule has 0 N–H and O–H groups in total. The van der Waals surface area contributed by atoms with Crippen LogP contribution in [-0.4, -0.2) is 32.8 Å². The minimum absolute atomic E-state index is 0.376. The van der Waals surface area contributed by atoms with Gasteiger partial charge in [-0.05, 0) is 38.3 Å². The molecule has 0 bridgehead atoms. The average Bonchev–Trinajstić information content (AvgIpc) is 3.15. The molecule has 6 nitrogen and oxygen atoms in total.